The van der Waals surface area contributed by atoms with Gasteiger partial charge in [0.1, 0.15) is 28.6 Å². The van der Waals surface area contributed by atoms with Crippen LogP contribution in [0.1, 0.15) is 37.9 Å². The van der Waals surface area contributed by atoms with Gasteiger partial charge in [0.05, 0.1) is 13.2 Å². The third-order valence-corrected chi connectivity index (χ3v) is 3.69. The molecule has 0 saturated carbocycles. The van der Waals surface area contributed by atoms with Crippen LogP contribution < -0.4 is 14.8 Å². The fourth-order valence-corrected chi connectivity index (χ4v) is 2.42. The average Bonchev–Trinajstić information content (AvgIpc) is 2.95. The van der Waals surface area contributed by atoms with Gasteiger partial charge in [-0.1, -0.05) is 6.07 Å². The van der Waals surface area contributed by atoms with Crippen molar-refractivity contribution in [1.29, 1.82) is 0 Å². The summed E-state index contributed by atoms with van der Waals surface area (Å²) in [5, 5.41) is 13.8. The first-order chi connectivity index (χ1) is 11.3. The monoisotopic (exact) mass is 333 g/mol. The largest absolute Gasteiger partial charge is 0.497 e. The number of methoxy groups -OCH3 is 1. The van der Waals surface area contributed by atoms with E-state index in [1.165, 1.54) is 0 Å². The number of ether oxygens (including phenoxy) is 2. The number of aryl methyl sites for hydroxylation is 1. The third kappa shape index (κ3) is 4.76. The molecule has 0 amide bonds. The molecule has 1 aromatic carbocycles. The van der Waals surface area contributed by atoms with Gasteiger partial charge < -0.3 is 24.3 Å². The number of aliphatic hydroxyl groups is 1. The van der Waals surface area contributed by atoms with E-state index in [0.29, 0.717) is 18.8 Å². The highest BCUT2D eigenvalue weighted by Crippen LogP contribution is 2.26. The van der Waals surface area contributed by atoms with E-state index >= 15 is 0 Å². The fourth-order valence-electron chi connectivity index (χ4n) is 2.42. The molecule has 0 aliphatic rings. The summed E-state index contributed by atoms with van der Waals surface area (Å²) in [5.41, 5.74) is -0.0595. The van der Waals surface area contributed by atoms with Crippen molar-refractivity contribution in [3.05, 3.63) is 47.4 Å². The number of furan rings is 1. The van der Waals surface area contributed by atoms with Crippen molar-refractivity contribution in [1.82, 2.24) is 5.32 Å². The molecule has 1 aromatic heterocycles. The Balaban J connectivity index is 2.03. The Hall–Kier alpha value is -1.98. The zero-order valence-corrected chi connectivity index (χ0v) is 15.1. The first kappa shape index (κ1) is 18.4. The van der Waals surface area contributed by atoms with Crippen LogP contribution in [0, 0.1) is 6.92 Å². The molecule has 1 atom stereocenters. The Morgan fingerprint density at radius 2 is 2.00 bits per heavy atom. The van der Waals surface area contributed by atoms with Gasteiger partial charge >= 0.3 is 0 Å². The number of benzene rings is 1. The summed E-state index contributed by atoms with van der Waals surface area (Å²) >= 11 is 0. The quantitative estimate of drug-likeness (QED) is 0.775. The third-order valence-electron chi connectivity index (χ3n) is 3.69. The van der Waals surface area contributed by atoms with E-state index in [9.17, 15) is 5.11 Å². The van der Waals surface area contributed by atoms with E-state index in [0.717, 1.165) is 22.8 Å². The minimum Gasteiger partial charge on any atom is -0.497 e. The number of hydrogen-bond acceptors (Lipinski definition) is 5. The summed E-state index contributed by atoms with van der Waals surface area (Å²) in [6.45, 7) is 8.51. The Labute approximate surface area is 143 Å². The van der Waals surface area contributed by atoms with Crippen LogP contribution in [-0.4, -0.2) is 24.9 Å². The predicted molar refractivity (Wildman–Crippen MR) is 93.5 cm³/mol. The maximum Gasteiger partial charge on any atom is 0.136 e. The van der Waals surface area contributed by atoms with Crippen LogP contribution in [0.4, 0.5) is 0 Å². The van der Waals surface area contributed by atoms with Gasteiger partial charge in [0.2, 0.25) is 0 Å². The Morgan fingerprint density at radius 1 is 1.25 bits per heavy atom. The Kier molecular flexibility index (Phi) is 5.91. The van der Waals surface area contributed by atoms with Gasteiger partial charge in [-0.3, -0.25) is 0 Å². The van der Waals surface area contributed by atoms with Crippen molar-refractivity contribution >= 4 is 0 Å². The molecule has 2 N–H and O–H groups in total. The smallest absolute Gasteiger partial charge is 0.136 e. The highest BCUT2D eigenvalue weighted by molar-refractivity contribution is 5.40. The molecule has 0 fully saturated rings. The molecule has 2 aromatic rings. The second kappa shape index (κ2) is 7.73. The predicted octanol–water partition coefficient (Wildman–Crippen LogP) is 3.38. The standard InChI is InChI=1S/C19H27NO4/c1-13(2)23-17-10-16(22-5)8-7-15(17)11-20-12-19(4,21)18-9-6-14(3)24-18/h6-10,13,20-21H,11-12H2,1-5H3. The lowest BCUT2D eigenvalue weighted by Gasteiger charge is -2.22. The van der Waals surface area contributed by atoms with Crippen LogP contribution in [-0.2, 0) is 12.1 Å². The molecule has 24 heavy (non-hydrogen) atoms. The summed E-state index contributed by atoms with van der Waals surface area (Å²) in [6, 6.07) is 9.40. The molecule has 5 heteroatoms. The van der Waals surface area contributed by atoms with Gasteiger partial charge in [-0.25, -0.2) is 0 Å². The lowest BCUT2D eigenvalue weighted by atomic mass is 10.0. The number of rotatable bonds is 8. The molecule has 0 aliphatic carbocycles. The van der Waals surface area contributed by atoms with Crippen molar-refractivity contribution < 1.29 is 19.0 Å². The van der Waals surface area contributed by atoms with Crippen molar-refractivity contribution in [2.24, 2.45) is 0 Å². The van der Waals surface area contributed by atoms with Crippen LogP contribution in [0.15, 0.2) is 34.7 Å². The Bertz CT molecular complexity index is 661. The van der Waals surface area contributed by atoms with Crippen LogP contribution in [0.25, 0.3) is 0 Å². The molecule has 0 spiro atoms. The molecule has 0 bridgehead atoms. The lowest BCUT2D eigenvalue weighted by Crippen LogP contribution is -2.34. The van der Waals surface area contributed by atoms with E-state index in [2.05, 4.69) is 5.32 Å². The SMILES string of the molecule is COc1ccc(CNCC(C)(O)c2ccc(C)o2)c(OC(C)C)c1. The van der Waals surface area contributed by atoms with E-state index in [1.54, 1.807) is 20.1 Å². The molecule has 0 radical (unpaired) electrons. The van der Waals surface area contributed by atoms with Crippen molar-refractivity contribution in [3.63, 3.8) is 0 Å². The van der Waals surface area contributed by atoms with Crippen LogP contribution in [0.5, 0.6) is 11.5 Å². The van der Waals surface area contributed by atoms with Gasteiger partial charge in [-0.2, -0.15) is 0 Å². The highest BCUT2D eigenvalue weighted by Gasteiger charge is 2.26. The zero-order chi connectivity index (χ0) is 17.7. The maximum absolute atomic E-state index is 10.6. The summed E-state index contributed by atoms with van der Waals surface area (Å²) in [7, 11) is 1.63. The fraction of sp³-hybridized carbons (Fsp3) is 0.474. The summed E-state index contributed by atoms with van der Waals surface area (Å²) in [4.78, 5) is 0. The average molecular weight is 333 g/mol. The molecule has 0 aliphatic heterocycles. The van der Waals surface area contributed by atoms with E-state index < -0.39 is 5.60 Å². The van der Waals surface area contributed by atoms with E-state index in [-0.39, 0.29) is 6.10 Å². The summed E-state index contributed by atoms with van der Waals surface area (Å²) < 4.78 is 16.6. The maximum atomic E-state index is 10.6. The highest BCUT2D eigenvalue weighted by atomic mass is 16.5. The first-order valence-electron chi connectivity index (χ1n) is 8.15. The molecular formula is C19H27NO4. The van der Waals surface area contributed by atoms with Gasteiger partial charge in [0.15, 0.2) is 0 Å². The lowest BCUT2D eigenvalue weighted by molar-refractivity contribution is 0.0332. The minimum atomic E-state index is -1.07. The van der Waals surface area contributed by atoms with Crippen molar-refractivity contribution in [2.45, 2.75) is 45.9 Å². The molecule has 0 saturated heterocycles. The zero-order valence-electron chi connectivity index (χ0n) is 15.1. The number of nitrogens with one attached hydrogen (secondary N) is 1. The molecule has 1 heterocycles. The second-order valence-electron chi connectivity index (χ2n) is 6.43. The summed E-state index contributed by atoms with van der Waals surface area (Å²) in [6.07, 6.45) is 0.0741. The van der Waals surface area contributed by atoms with Crippen molar-refractivity contribution in [2.75, 3.05) is 13.7 Å². The van der Waals surface area contributed by atoms with Gasteiger partial charge in [0.25, 0.3) is 0 Å². The van der Waals surface area contributed by atoms with Gasteiger partial charge in [-0.15, -0.1) is 0 Å². The molecule has 1 unspecified atom stereocenters. The molecular weight excluding hydrogens is 306 g/mol. The first-order valence-corrected chi connectivity index (χ1v) is 8.15. The van der Waals surface area contributed by atoms with Gasteiger partial charge in [0, 0.05) is 24.7 Å². The van der Waals surface area contributed by atoms with Crippen LogP contribution >= 0.6 is 0 Å². The summed E-state index contributed by atoms with van der Waals surface area (Å²) in [5.74, 6) is 2.88. The Morgan fingerprint density at radius 3 is 2.58 bits per heavy atom. The molecule has 132 valence electrons. The number of hydrogen-bond donors (Lipinski definition) is 2. The second-order valence-corrected chi connectivity index (χ2v) is 6.43. The molecule has 5 nitrogen and oxygen atoms in total. The van der Waals surface area contributed by atoms with Crippen LogP contribution in [0.3, 0.4) is 0 Å². The van der Waals surface area contributed by atoms with E-state index in [4.69, 9.17) is 13.9 Å². The normalized spacial score (nSPS) is 13.8. The minimum absolute atomic E-state index is 0.0741. The topological polar surface area (TPSA) is 63.9 Å². The van der Waals surface area contributed by atoms with Gasteiger partial charge in [-0.05, 0) is 45.9 Å². The van der Waals surface area contributed by atoms with Crippen molar-refractivity contribution in [3.8, 4) is 11.5 Å². The van der Waals surface area contributed by atoms with E-state index in [1.807, 2.05) is 45.0 Å². The molecule has 2 rings (SSSR count). The van der Waals surface area contributed by atoms with Crippen LogP contribution in [0.2, 0.25) is 0 Å².